The Bertz CT molecular complexity index is 634. The lowest BCUT2D eigenvalue weighted by Gasteiger charge is -2.65. The molecule has 0 aromatic carbocycles. The lowest BCUT2D eigenvalue weighted by atomic mass is 9.41. The molecule has 4 saturated carbocycles. The molecule has 166 valence electrons. The Morgan fingerprint density at radius 1 is 1.07 bits per heavy atom. The summed E-state index contributed by atoms with van der Waals surface area (Å²) in [6.07, 6.45) is 8.23. The summed E-state index contributed by atoms with van der Waals surface area (Å²) in [5.74, 6) is 1.76. The SMILES string of the molecule is C[C@H]1[C@@H](O)C2C3CC[C@H]([C@H](C)CCC(=O)O)[C@@]3(C)C[C@H](O)C2[C@@]2(C)CCCC[C@@H]12. The minimum Gasteiger partial charge on any atom is -0.481 e. The average Bonchev–Trinajstić information content (AvgIpc) is 2.99. The molecule has 0 saturated heterocycles. The number of aliphatic hydroxyl groups is 2. The molecule has 29 heavy (non-hydrogen) atoms. The fraction of sp³-hybridized carbons (Fsp3) is 0.960. The van der Waals surface area contributed by atoms with Crippen LogP contribution in [0.25, 0.3) is 0 Å². The highest BCUT2D eigenvalue weighted by molar-refractivity contribution is 5.66. The van der Waals surface area contributed by atoms with E-state index in [4.69, 9.17) is 5.11 Å². The summed E-state index contributed by atoms with van der Waals surface area (Å²) in [7, 11) is 0. The van der Waals surface area contributed by atoms with Gasteiger partial charge in [0.1, 0.15) is 0 Å². The number of rotatable bonds is 4. The predicted octanol–water partition coefficient (Wildman–Crippen LogP) is 4.72. The molecule has 4 heteroatoms. The van der Waals surface area contributed by atoms with Crippen LogP contribution in [0.1, 0.15) is 85.5 Å². The highest BCUT2D eigenvalue weighted by Crippen LogP contribution is 2.69. The number of aliphatic hydroxyl groups excluding tert-OH is 2. The van der Waals surface area contributed by atoms with E-state index in [-0.39, 0.29) is 41.3 Å². The maximum absolute atomic E-state index is 11.5. The molecule has 0 amide bonds. The predicted molar refractivity (Wildman–Crippen MR) is 113 cm³/mol. The molecule has 11 atom stereocenters. The van der Waals surface area contributed by atoms with Crippen LogP contribution < -0.4 is 0 Å². The van der Waals surface area contributed by atoms with E-state index in [1.54, 1.807) is 0 Å². The number of carboxylic acid groups (broad SMARTS) is 1. The number of hydrogen-bond donors (Lipinski definition) is 3. The third kappa shape index (κ3) is 3.19. The highest BCUT2D eigenvalue weighted by atomic mass is 16.4. The van der Waals surface area contributed by atoms with Crippen molar-refractivity contribution in [2.75, 3.05) is 0 Å². The quantitative estimate of drug-likeness (QED) is 0.631. The van der Waals surface area contributed by atoms with Crippen molar-refractivity contribution >= 4 is 5.97 Å². The molecule has 0 spiro atoms. The maximum atomic E-state index is 11.5. The average molecular weight is 407 g/mol. The van der Waals surface area contributed by atoms with Crippen molar-refractivity contribution in [1.29, 1.82) is 0 Å². The van der Waals surface area contributed by atoms with Crippen molar-refractivity contribution in [3.63, 3.8) is 0 Å². The molecule has 4 aliphatic carbocycles. The molecule has 0 aliphatic heterocycles. The van der Waals surface area contributed by atoms with Gasteiger partial charge in [-0.1, -0.05) is 40.5 Å². The molecule has 0 bridgehead atoms. The van der Waals surface area contributed by atoms with Gasteiger partial charge >= 0.3 is 5.97 Å². The van der Waals surface area contributed by atoms with Crippen LogP contribution in [0.4, 0.5) is 0 Å². The minimum atomic E-state index is -0.715. The molecule has 4 aliphatic rings. The second-order valence-electron chi connectivity index (χ2n) is 11.8. The van der Waals surface area contributed by atoms with Crippen molar-refractivity contribution in [3.8, 4) is 0 Å². The van der Waals surface area contributed by atoms with Crippen molar-refractivity contribution in [3.05, 3.63) is 0 Å². The Labute approximate surface area is 176 Å². The Morgan fingerprint density at radius 2 is 1.79 bits per heavy atom. The molecule has 3 unspecified atom stereocenters. The summed E-state index contributed by atoms with van der Waals surface area (Å²) in [6.45, 7) is 9.23. The van der Waals surface area contributed by atoms with Crippen LogP contribution in [-0.2, 0) is 4.79 Å². The number of carboxylic acids is 1. The molecular formula is C25H42O4. The largest absolute Gasteiger partial charge is 0.481 e. The monoisotopic (exact) mass is 406 g/mol. The Hall–Kier alpha value is -0.610. The van der Waals surface area contributed by atoms with Crippen molar-refractivity contribution < 1.29 is 20.1 Å². The van der Waals surface area contributed by atoms with Gasteiger partial charge in [-0.15, -0.1) is 0 Å². The smallest absolute Gasteiger partial charge is 0.303 e. The van der Waals surface area contributed by atoms with E-state index in [1.807, 2.05) is 0 Å². The van der Waals surface area contributed by atoms with Crippen LogP contribution in [0.3, 0.4) is 0 Å². The van der Waals surface area contributed by atoms with E-state index in [0.29, 0.717) is 36.0 Å². The lowest BCUT2D eigenvalue weighted by Crippen LogP contribution is -2.64. The second kappa shape index (κ2) is 7.51. The third-order valence-corrected chi connectivity index (χ3v) is 10.6. The van der Waals surface area contributed by atoms with E-state index >= 15 is 0 Å². The summed E-state index contributed by atoms with van der Waals surface area (Å²) < 4.78 is 0. The minimum absolute atomic E-state index is 0.0110. The van der Waals surface area contributed by atoms with Gasteiger partial charge in [0.15, 0.2) is 0 Å². The van der Waals surface area contributed by atoms with E-state index in [2.05, 4.69) is 27.7 Å². The Kier molecular flexibility index (Phi) is 5.60. The van der Waals surface area contributed by atoms with Gasteiger partial charge in [0.2, 0.25) is 0 Å². The van der Waals surface area contributed by atoms with Gasteiger partial charge in [-0.2, -0.15) is 0 Å². The first-order valence-electron chi connectivity index (χ1n) is 12.2. The van der Waals surface area contributed by atoms with Gasteiger partial charge in [-0.25, -0.2) is 0 Å². The van der Waals surface area contributed by atoms with Gasteiger partial charge in [-0.05, 0) is 90.8 Å². The molecule has 0 heterocycles. The van der Waals surface area contributed by atoms with Gasteiger partial charge in [0, 0.05) is 6.42 Å². The van der Waals surface area contributed by atoms with Crippen molar-refractivity contribution in [1.82, 2.24) is 0 Å². The van der Waals surface area contributed by atoms with Crippen molar-refractivity contribution in [2.24, 2.45) is 52.3 Å². The Morgan fingerprint density at radius 3 is 2.48 bits per heavy atom. The molecule has 4 rings (SSSR count). The van der Waals surface area contributed by atoms with Crippen molar-refractivity contribution in [2.45, 2.75) is 97.7 Å². The van der Waals surface area contributed by atoms with Crippen LogP contribution in [-0.4, -0.2) is 33.5 Å². The zero-order valence-corrected chi connectivity index (χ0v) is 18.8. The van der Waals surface area contributed by atoms with E-state index in [0.717, 1.165) is 19.3 Å². The van der Waals surface area contributed by atoms with E-state index < -0.39 is 5.97 Å². The fourth-order valence-corrected chi connectivity index (χ4v) is 9.38. The molecule has 4 nitrogen and oxygen atoms in total. The van der Waals surface area contributed by atoms with Gasteiger partial charge in [0.05, 0.1) is 12.2 Å². The topological polar surface area (TPSA) is 77.8 Å². The summed E-state index contributed by atoms with van der Waals surface area (Å²) in [6, 6.07) is 0. The summed E-state index contributed by atoms with van der Waals surface area (Å²) >= 11 is 0. The van der Waals surface area contributed by atoms with E-state index in [1.165, 1.54) is 25.7 Å². The second-order valence-corrected chi connectivity index (χ2v) is 11.8. The normalized spacial score (nSPS) is 52.9. The maximum Gasteiger partial charge on any atom is 0.303 e. The van der Waals surface area contributed by atoms with Gasteiger partial charge in [-0.3, -0.25) is 4.79 Å². The molecule has 3 N–H and O–H groups in total. The zero-order chi connectivity index (χ0) is 21.1. The lowest BCUT2D eigenvalue weighted by molar-refractivity contribution is -0.225. The standard InChI is InChI=1S/C25H42O4/c1-14(8-11-20(27)28)16-9-10-18-21-22(19(26)13-25(16,18)4)24(3)12-6-5-7-17(24)15(2)23(21)29/h14-19,21-23,26,29H,5-13H2,1-4H3,(H,27,28)/t14-,15-,16-,17+,18?,19+,21?,22?,23-,24+,25-/m1/s1. The number of carbonyl (C=O) groups is 1. The van der Waals surface area contributed by atoms with Crippen LogP contribution in [0.15, 0.2) is 0 Å². The fourth-order valence-electron chi connectivity index (χ4n) is 9.38. The summed E-state index contributed by atoms with van der Waals surface area (Å²) in [4.78, 5) is 11.1. The third-order valence-electron chi connectivity index (χ3n) is 10.6. The molecule has 4 fully saturated rings. The molecular weight excluding hydrogens is 364 g/mol. The summed E-state index contributed by atoms with van der Waals surface area (Å²) in [5.41, 5.74) is 0.159. The first kappa shape index (κ1) is 21.6. The molecule has 0 aromatic heterocycles. The molecule has 0 radical (unpaired) electrons. The number of hydrogen-bond acceptors (Lipinski definition) is 3. The first-order chi connectivity index (χ1) is 13.6. The van der Waals surface area contributed by atoms with Crippen LogP contribution in [0, 0.1) is 52.3 Å². The van der Waals surface area contributed by atoms with Crippen LogP contribution >= 0.6 is 0 Å². The number of aliphatic carboxylic acids is 1. The Balaban J connectivity index is 1.65. The number of fused-ring (bicyclic) bond motifs is 5. The van der Waals surface area contributed by atoms with Gasteiger partial charge in [0.25, 0.3) is 0 Å². The van der Waals surface area contributed by atoms with Crippen LogP contribution in [0.2, 0.25) is 0 Å². The highest BCUT2D eigenvalue weighted by Gasteiger charge is 2.66. The van der Waals surface area contributed by atoms with Gasteiger partial charge < -0.3 is 15.3 Å². The zero-order valence-electron chi connectivity index (χ0n) is 18.8. The van der Waals surface area contributed by atoms with E-state index in [9.17, 15) is 15.0 Å². The summed E-state index contributed by atoms with van der Waals surface area (Å²) in [5, 5.41) is 32.2. The molecule has 0 aromatic rings. The van der Waals surface area contributed by atoms with Crippen LogP contribution in [0.5, 0.6) is 0 Å². The first-order valence-corrected chi connectivity index (χ1v) is 12.2.